The van der Waals surface area contributed by atoms with Crippen molar-refractivity contribution < 1.29 is 9.90 Å². The van der Waals surface area contributed by atoms with Gasteiger partial charge in [-0.05, 0) is 37.8 Å². The smallest absolute Gasteiger partial charge is 0.309 e. The topological polar surface area (TPSA) is 50.2 Å². The fourth-order valence-electron chi connectivity index (χ4n) is 1.45. The van der Waals surface area contributed by atoms with Gasteiger partial charge in [-0.15, -0.1) is 11.8 Å². The van der Waals surface area contributed by atoms with Crippen LogP contribution in [0, 0.1) is 11.3 Å². The minimum Gasteiger partial charge on any atom is -0.481 e. The summed E-state index contributed by atoms with van der Waals surface area (Å²) < 4.78 is 0. The minimum absolute atomic E-state index is 0.551. The highest BCUT2D eigenvalue weighted by molar-refractivity contribution is 7.99. The molecule has 0 spiro atoms. The van der Waals surface area contributed by atoms with Crippen molar-refractivity contribution in [1.29, 1.82) is 0 Å². The summed E-state index contributed by atoms with van der Waals surface area (Å²) in [7, 11) is 0. The quantitative estimate of drug-likeness (QED) is 0.802. The van der Waals surface area contributed by atoms with Crippen LogP contribution in [0.3, 0.4) is 0 Å². The van der Waals surface area contributed by atoms with Gasteiger partial charge in [0.25, 0.3) is 0 Å². The van der Waals surface area contributed by atoms with Gasteiger partial charge in [-0.3, -0.25) is 9.78 Å². The van der Waals surface area contributed by atoms with Crippen LogP contribution in [-0.2, 0) is 11.2 Å². The van der Waals surface area contributed by atoms with Crippen LogP contribution in [-0.4, -0.2) is 21.8 Å². The van der Waals surface area contributed by atoms with Crippen LogP contribution in [0.2, 0.25) is 0 Å². The normalized spacial score (nSPS) is 11.8. The lowest BCUT2D eigenvalue weighted by Crippen LogP contribution is -2.26. The average Bonchev–Trinajstić information content (AvgIpc) is 2.26. The molecule has 0 saturated carbocycles. The van der Waals surface area contributed by atoms with Crippen molar-refractivity contribution in [2.45, 2.75) is 39.0 Å². The Balaban J connectivity index is 2.65. The molecule has 0 amide bonds. The van der Waals surface area contributed by atoms with Crippen LogP contribution in [0.4, 0.5) is 0 Å². The van der Waals surface area contributed by atoms with Gasteiger partial charge in [0.05, 0.1) is 5.41 Å². The van der Waals surface area contributed by atoms with Gasteiger partial charge in [0.15, 0.2) is 0 Å². The molecular weight excluding hydrogens is 246 g/mol. The highest BCUT2D eigenvalue weighted by atomic mass is 32.2. The molecule has 100 valence electrons. The molecule has 0 aromatic carbocycles. The molecule has 0 unspecified atom stereocenters. The SMILES string of the molecule is CC(C)Cc1cncc(SCC(C)(C)C(=O)O)c1. The van der Waals surface area contributed by atoms with Crippen LogP contribution in [0.1, 0.15) is 33.3 Å². The van der Waals surface area contributed by atoms with E-state index in [1.165, 1.54) is 5.56 Å². The van der Waals surface area contributed by atoms with Gasteiger partial charge in [0, 0.05) is 23.0 Å². The van der Waals surface area contributed by atoms with E-state index in [0.717, 1.165) is 11.3 Å². The summed E-state index contributed by atoms with van der Waals surface area (Å²) in [6, 6.07) is 2.11. The van der Waals surface area contributed by atoms with Crippen LogP contribution < -0.4 is 0 Å². The number of nitrogens with zero attached hydrogens (tertiary/aromatic N) is 1. The van der Waals surface area contributed by atoms with Gasteiger partial charge < -0.3 is 5.11 Å². The zero-order chi connectivity index (χ0) is 13.8. The van der Waals surface area contributed by atoms with E-state index in [0.29, 0.717) is 11.7 Å². The summed E-state index contributed by atoms with van der Waals surface area (Å²) in [6.45, 7) is 7.84. The number of pyridine rings is 1. The van der Waals surface area contributed by atoms with E-state index in [1.807, 2.05) is 6.20 Å². The van der Waals surface area contributed by atoms with Crippen molar-refractivity contribution in [2.75, 3.05) is 5.75 Å². The summed E-state index contributed by atoms with van der Waals surface area (Å²) in [4.78, 5) is 16.3. The second-order valence-electron chi connectivity index (χ2n) is 5.60. The Hall–Kier alpha value is -1.03. The second kappa shape index (κ2) is 6.23. The maximum atomic E-state index is 11.0. The highest BCUT2D eigenvalue weighted by Crippen LogP contribution is 2.28. The fraction of sp³-hybridized carbons (Fsp3) is 0.571. The van der Waals surface area contributed by atoms with E-state index >= 15 is 0 Å². The largest absolute Gasteiger partial charge is 0.481 e. The van der Waals surface area contributed by atoms with Gasteiger partial charge in [0.2, 0.25) is 0 Å². The zero-order valence-electron chi connectivity index (χ0n) is 11.4. The number of carboxylic acid groups (broad SMARTS) is 1. The molecule has 0 aliphatic rings. The average molecular weight is 267 g/mol. The molecule has 3 nitrogen and oxygen atoms in total. The molecule has 1 N–H and O–H groups in total. The predicted molar refractivity (Wildman–Crippen MR) is 74.9 cm³/mol. The molecular formula is C14H21NO2S. The Bertz CT molecular complexity index is 416. The first kappa shape index (κ1) is 15.0. The molecule has 1 rings (SSSR count). The number of carboxylic acids is 1. The van der Waals surface area contributed by atoms with Crippen molar-refractivity contribution in [3.63, 3.8) is 0 Å². The molecule has 4 heteroatoms. The summed E-state index contributed by atoms with van der Waals surface area (Å²) in [5, 5.41) is 9.06. The molecule has 0 atom stereocenters. The number of carbonyl (C=O) groups is 1. The Labute approximate surface area is 113 Å². The lowest BCUT2D eigenvalue weighted by Gasteiger charge is -2.18. The van der Waals surface area contributed by atoms with Crippen molar-refractivity contribution in [3.8, 4) is 0 Å². The summed E-state index contributed by atoms with van der Waals surface area (Å²) in [5.41, 5.74) is 0.502. The van der Waals surface area contributed by atoms with Crippen LogP contribution in [0.25, 0.3) is 0 Å². The minimum atomic E-state index is -0.763. The molecule has 18 heavy (non-hydrogen) atoms. The number of thioether (sulfide) groups is 1. The first-order chi connectivity index (χ1) is 8.31. The number of rotatable bonds is 6. The van der Waals surface area contributed by atoms with E-state index in [4.69, 9.17) is 5.11 Å². The Kier molecular flexibility index (Phi) is 5.20. The molecule has 0 radical (unpaired) electrons. The number of hydrogen-bond donors (Lipinski definition) is 1. The lowest BCUT2D eigenvalue weighted by atomic mass is 9.97. The van der Waals surface area contributed by atoms with Gasteiger partial charge in [0.1, 0.15) is 0 Å². The van der Waals surface area contributed by atoms with Crippen molar-refractivity contribution in [3.05, 3.63) is 24.0 Å². The summed E-state index contributed by atoms with van der Waals surface area (Å²) in [5.74, 6) is 0.388. The van der Waals surface area contributed by atoms with Crippen molar-refractivity contribution >= 4 is 17.7 Å². The Morgan fingerprint density at radius 1 is 1.44 bits per heavy atom. The molecule has 1 heterocycles. The van der Waals surface area contributed by atoms with E-state index in [2.05, 4.69) is 24.9 Å². The molecule has 1 aromatic heterocycles. The highest BCUT2D eigenvalue weighted by Gasteiger charge is 2.27. The number of aliphatic carboxylic acids is 1. The molecule has 1 aromatic rings. The molecule has 0 saturated heterocycles. The Morgan fingerprint density at radius 2 is 2.11 bits per heavy atom. The van der Waals surface area contributed by atoms with E-state index in [9.17, 15) is 4.79 Å². The van der Waals surface area contributed by atoms with Gasteiger partial charge in [-0.1, -0.05) is 13.8 Å². The third-order valence-electron chi connectivity index (χ3n) is 2.59. The van der Waals surface area contributed by atoms with E-state index in [-0.39, 0.29) is 0 Å². The molecule has 0 aliphatic heterocycles. The molecule has 0 fully saturated rings. The number of hydrogen-bond acceptors (Lipinski definition) is 3. The van der Waals surface area contributed by atoms with Gasteiger partial charge in [-0.2, -0.15) is 0 Å². The Morgan fingerprint density at radius 3 is 2.67 bits per heavy atom. The summed E-state index contributed by atoms with van der Waals surface area (Å²) in [6.07, 6.45) is 4.68. The molecule has 0 bridgehead atoms. The lowest BCUT2D eigenvalue weighted by molar-refractivity contribution is -0.145. The maximum absolute atomic E-state index is 11.0. The van der Waals surface area contributed by atoms with Crippen molar-refractivity contribution in [1.82, 2.24) is 4.98 Å². The molecule has 0 aliphatic carbocycles. The van der Waals surface area contributed by atoms with Crippen LogP contribution >= 0.6 is 11.8 Å². The second-order valence-corrected chi connectivity index (χ2v) is 6.65. The van der Waals surface area contributed by atoms with E-state index in [1.54, 1.807) is 31.8 Å². The number of aromatic nitrogens is 1. The van der Waals surface area contributed by atoms with Gasteiger partial charge in [-0.25, -0.2) is 0 Å². The van der Waals surface area contributed by atoms with E-state index < -0.39 is 11.4 Å². The van der Waals surface area contributed by atoms with Crippen molar-refractivity contribution in [2.24, 2.45) is 11.3 Å². The maximum Gasteiger partial charge on any atom is 0.309 e. The van der Waals surface area contributed by atoms with Gasteiger partial charge >= 0.3 is 5.97 Å². The first-order valence-corrected chi connectivity index (χ1v) is 7.10. The van der Waals surface area contributed by atoms with Crippen LogP contribution in [0.5, 0.6) is 0 Å². The first-order valence-electron chi connectivity index (χ1n) is 6.11. The standard InChI is InChI=1S/C14H21NO2S/c1-10(2)5-11-6-12(8-15-7-11)18-9-14(3,4)13(16)17/h6-8,10H,5,9H2,1-4H3,(H,16,17). The zero-order valence-corrected chi connectivity index (χ0v) is 12.3. The fourth-order valence-corrected chi connectivity index (χ4v) is 2.47. The third kappa shape index (κ3) is 4.69. The third-order valence-corrected chi connectivity index (χ3v) is 4.01. The summed E-state index contributed by atoms with van der Waals surface area (Å²) >= 11 is 1.55. The predicted octanol–water partition coefficient (Wildman–Crippen LogP) is 3.48. The van der Waals surface area contributed by atoms with Crippen LogP contribution in [0.15, 0.2) is 23.4 Å². The monoisotopic (exact) mass is 267 g/mol.